The first kappa shape index (κ1) is 24.9. The number of nitrogens with one attached hydrogen (secondary N) is 4. The molecule has 0 unspecified atom stereocenters. The molecule has 4 N–H and O–H groups in total. The molecule has 0 spiro atoms. The molecule has 0 saturated carbocycles. The number of halogens is 1. The van der Waals surface area contributed by atoms with Gasteiger partial charge in [0.15, 0.2) is 5.96 Å². The molecule has 1 aromatic heterocycles. The zero-order valence-electron chi connectivity index (χ0n) is 16.2. The van der Waals surface area contributed by atoms with Crippen LogP contribution in [0, 0.1) is 0 Å². The standard InChI is InChI=1S/C17H28N6O3.HI/c1-5-19-15(20-9-10-21-16(25)26-17(2,3)4)22-12-14(24)23-13-7-6-8-18-11-13;/h6-8,11H,5,9-10,12H2,1-4H3,(H,21,25)(H,23,24)(H2,19,20,22);1H. The number of carbonyl (C=O) groups excluding carboxylic acids is 2. The highest BCUT2D eigenvalue weighted by molar-refractivity contribution is 14.0. The summed E-state index contributed by atoms with van der Waals surface area (Å²) >= 11 is 0. The minimum atomic E-state index is -0.532. The zero-order valence-corrected chi connectivity index (χ0v) is 18.5. The zero-order chi connectivity index (χ0) is 19.4. The summed E-state index contributed by atoms with van der Waals surface area (Å²) < 4.78 is 5.15. The highest BCUT2D eigenvalue weighted by atomic mass is 127. The number of alkyl carbamates (subject to hydrolysis) is 1. The largest absolute Gasteiger partial charge is 0.444 e. The number of anilines is 1. The number of aliphatic imine (C=N–C) groups is 1. The first-order valence-electron chi connectivity index (χ1n) is 8.49. The van der Waals surface area contributed by atoms with Crippen LogP contribution in [-0.2, 0) is 9.53 Å². The molecule has 2 amide bonds. The van der Waals surface area contributed by atoms with Gasteiger partial charge in [0.2, 0.25) is 5.91 Å². The van der Waals surface area contributed by atoms with E-state index >= 15 is 0 Å². The first-order valence-corrected chi connectivity index (χ1v) is 8.49. The monoisotopic (exact) mass is 492 g/mol. The first-order chi connectivity index (χ1) is 12.3. The van der Waals surface area contributed by atoms with E-state index in [1.54, 1.807) is 45.3 Å². The number of hydrogen-bond donors (Lipinski definition) is 4. The van der Waals surface area contributed by atoms with Crippen molar-refractivity contribution in [2.45, 2.75) is 33.3 Å². The lowest BCUT2D eigenvalue weighted by Crippen LogP contribution is -2.42. The van der Waals surface area contributed by atoms with Gasteiger partial charge in [0.1, 0.15) is 12.1 Å². The summed E-state index contributed by atoms with van der Waals surface area (Å²) in [7, 11) is 0. The quantitative estimate of drug-likeness (QED) is 0.199. The van der Waals surface area contributed by atoms with Crippen LogP contribution in [0.2, 0.25) is 0 Å². The van der Waals surface area contributed by atoms with E-state index in [1.807, 2.05) is 6.92 Å². The second-order valence-corrected chi connectivity index (χ2v) is 6.34. The number of aromatic nitrogens is 1. The van der Waals surface area contributed by atoms with Crippen molar-refractivity contribution >= 4 is 47.6 Å². The van der Waals surface area contributed by atoms with E-state index in [2.05, 4.69) is 31.2 Å². The molecule has 0 aliphatic rings. The topological polar surface area (TPSA) is 117 Å². The number of hydrogen-bond acceptors (Lipinski definition) is 5. The molecule has 0 atom stereocenters. The van der Waals surface area contributed by atoms with Crippen LogP contribution in [0.15, 0.2) is 29.5 Å². The van der Waals surface area contributed by atoms with E-state index in [-0.39, 0.29) is 36.4 Å². The lowest BCUT2D eigenvalue weighted by molar-refractivity contribution is -0.114. The minimum absolute atomic E-state index is 0. The molecule has 0 aliphatic heterocycles. The Morgan fingerprint density at radius 2 is 1.89 bits per heavy atom. The molecule has 27 heavy (non-hydrogen) atoms. The third kappa shape index (κ3) is 12.8. The molecular formula is C17H29IN6O3. The van der Waals surface area contributed by atoms with Gasteiger partial charge in [0.05, 0.1) is 11.9 Å². The summed E-state index contributed by atoms with van der Waals surface area (Å²) in [6.45, 7) is 8.74. The van der Waals surface area contributed by atoms with E-state index < -0.39 is 11.7 Å². The van der Waals surface area contributed by atoms with Crippen LogP contribution in [0.25, 0.3) is 0 Å². The molecule has 152 valence electrons. The fraction of sp³-hybridized carbons (Fsp3) is 0.529. The smallest absolute Gasteiger partial charge is 0.407 e. The summed E-state index contributed by atoms with van der Waals surface area (Å²) in [4.78, 5) is 31.6. The molecule has 0 saturated heterocycles. The van der Waals surface area contributed by atoms with Crippen molar-refractivity contribution in [3.63, 3.8) is 0 Å². The number of guanidine groups is 1. The van der Waals surface area contributed by atoms with E-state index in [9.17, 15) is 9.59 Å². The Balaban J connectivity index is 0.00000676. The van der Waals surface area contributed by atoms with Crippen molar-refractivity contribution in [3.8, 4) is 0 Å². The van der Waals surface area contributed by atoms with Crippen molar-refractivity contribution < 1.29 is 14.3 Å². The molecule has 0 fully saturated rings. The molecule has 1 rings (SSSR count). The number of carbonyl (C=O) groups is 2. The van der Waals surface area contributed by atoms with Crippen LogP contribution in [0.1, 0.15) is 27.7 Å². The Morgan fingerprint density at radius 3 is 2.48 bits per heavy atom. The van der Waals surface area contributed by atoms with Crippen molar-refractivity contribution in [1.82, 2.24) is 20.9 Å². The maximum absolute atomic E-state index is 11.9. The van der Waals surface area contributed by atoms with Crippen LogP contribution in [0.5, 0.6) is 0 Å². The molecule has 1 aromatic rings. The van der Waals surface area contributed by atoms with Gasteiger partial charge in [-0.25, -0.2) is 9.79 Å². The van der Waals surface area contributed by atoms with Crippen LogP contribution in [0.4, 0.5) is 10.5 Å². The van der Waals surface area contributed by atoms with Gasteiger partial charge in [-0.2, -0.15) is 0 Å². The van der Waals surface area contributed by atoms with Crippen molar-refractivity contribution in [2.24, 2.45) is 4.99 Å². The van der Waals surface area contributed by atoms with E-state index in [0.29, 0.717) is 31.3 Å². The van der Waals surface area contributed by atoms with Crippen LogP contribution in [0.3, 0.4) is 0 Å². The SMILES string of the molecule is CCNC(=NCC(=O)Nc1cccnc1)NCCNC(=O)OC(C)(C)C.I. The van der Waals surface area contributed by atoms with E-state index in [1.165, 1.54) is 0 Å². The highest BCUT2D eigenvalue weighted by Crippen LogP contribution is 2.06. The molecule has 1 heterocycles. The summed E-state index contributed by atoms with van der Waals surface area (Å²) in [5.41, 5.74) is 0.0856. The van der Waals surface area contributed by atoms with Crippen molar-refractivity contribution in [2.75, 3.05) is 31.5 Å². The third-order valence-corrected chi connectivity index (χ3v) is 2.76. The maximum atomic E-state index is 11.9. The molecular weight excluding hydrogens is 463 g/mol. The number of ether oxygens (including phenoxy) is 1. The lowest BCUT2D eigenvalue weighted by atomic mass is 10.2. The molecule has 0 radical (unpaired) electrons. The number of amides is 2. The Kier molecular flexibility index (Phi) is 12.1. The van der Waals surface area contributed by atoms with Gasteiger partial charge in [0, 0.05) is 25.8 Å². The average molecular weight is 492 g/mol. The summed E-state index contributed by atoms with van der Waals surface area (Å²) in [5, 5.41) is 11.4. The second kappa shape index (κ2) is 13.1. The van der Waals surface area contributed by atoms with Gasteiger partial charge in [-0.15, -0.1) is 24.0 Å². The minimum Gasteiger partial charge on any atom is -0.444 e. The number of rotatable bonds is 7. The predicted molar refractivity (Wildman–Crippen MR) is 116 cm³/mol. The van der Waals surface area contributed by atoms with Gasteiger partial charge in [0.25, 0.3) is 0 Å². The normalized spacial score (nSPS) is 11.0. The van der Waals surface area contributed by atoms with Gasteiger partial charge < -0.3 is 26.0 Å². The van der Waals surface area contributed by atoms with Gasteiger partial charge in [-0.1, -0.05) is 0 Å². The second-order valence-electron chi connectivity index (χ2n) is 6.34. The maximum Gasteiger partial charge on any atom is 0.407 e. The molecule has 9 nitrogen and oxygen atoms in total. The molecule has 0 aromatic carbocycles. The van der Waals surface area contributed by atoms with Crippen molar-refractivity contribution in [1.29, 1.82) is 0 Å². The van der Waals surface area contributed by atoms with Gasteiger partial charge in [-0.3, -0.25) is 9.78 Å². The molecule has 0 aliphatic carbocycles. The number of pyridine rings is 1. The van der Waals surface area contributed by atoms with Gasteiger partial charge in [-0.05, 0) is 39.8 Å². The lowest BCUT2D eigenvalue weighted by Gasteiger charge is -2.19. The van der Waals surface area contributed by atoms with E-state index in [4.69, 9.17) is 4.74 Å². The predicted octanol–water partition coefficient (Wildman–Crippen LogP) is 1.72. The van der Waals surface area contributed by atoms with Crippen molar-refractivity contribution in [3.05, 3.63) is 24.5 Å². The Morgan fingerprint density at radius 1 is 1.19 bits per heavy atom. The Labute approximate surface area is 177 Å². The summed E-state index contributed by atoms with van der Waals surface area (Å²) in [5.74, 6) is 0.238. The molecule has 0 bridgehead atoms. The van der Waals surface area contributed by atoms with Crippen LogP contribution >= 0.6 is 24.0 Å². The Bertz CT molecular complexity index is 604. The fourth-order valence-electron chi connectivity index (χ4n) is 1.79. The summed E-state index contributed by atoms with van der Waals surface area (Å²) in [6.07, 6.45) is 2.72. The highest BCUT2D eigenvalue weighted by Gasteiger charge is 2.15. The summed E-state index contributed by atoms with van der Waals surface area (Å²) in [6, 6.07) is 3.49. The number of nitrogens with zero attached hydrogens (tertiary/aromatic N) is 2. The molecule has 10 heteroatoms. The van der Waals surface area contributed by atoms with E-state index in [0.717, 1.165) is 0 Å². The fourth-order valence-corrected chi connectivity index (χ4v) is 1.79. The van der Waals surface area contributed by atoms with Crippen LogP contribution < -0.4 is 21.3 Å². The third-order valence-electron chi connectivity index (χ3n) is 2.76. The van der Waals surface area contributed by atoms with Gasteiger partial charge >= 0.3 is 6.09 Å². The average Bonchev–Trinajstić information content (AvgIpc) is 2.55. The van der Waals surface area contributed by atoms with Crippen LogP contribution in [-0.4, -0.2) is 54.7 Å². The Hall–Kier alpha value is -2.11.